The number of rotatable bonds is 42. The number of esters is 3. The molecule has 0 heterocycles. The summed E-state index contributed by atoms with van der Waals surface area (Å²) in [4.78, 5) is 37.7. The van der Waals surface area contributed by atoms with Gasteiger partial charge in [-0.1, -0.05) is 221 Å². The Kier molecular flexibility index (Phi) is 39.8. The molecule has 54 heavy (non-hydrogen) atoms. The summed E-state index contributed by atoms with van der Waals surface area (Å²) in [6.45, 7) is 11.3. The fourth-order valence-electron chi connectivity index (χ4n) is 7.11. The molecule has 0 spiro atoms. The van der Waals surface area contributed by atoms with E-state index >= 15 is 0 Å². The SMILES string of the molecule is CCCCCCCCCCCC(=O)OC[C@@H](COC(=O)CCCCCCCCCCCCCCCCC(C)C)OC(=O)CCCCCCCCCC(C)C. The molecule has 0 N–H and O–H groups in total. The Morgan fingerprint density at radius 3 is 0.907 bits per heavy atom. The van der Waals surface area contributed by atoms with Crippen LogP contribution < -0.4 is 0 Å². The molecule has 1 atom stereocenters. The molecule has 0 saturated heterocycles. The van der Waals surface area contributed by atoms with Crippen LogP contribution in [0.15, 0.2) is 0 Å². The lowest BCUT2D eigenvalue weighted by atomic mass is 10.0. The summed E-state index contributed by atoms with van der Waals surface area (Å²) in [7, 11) is 0. The molecule has 0 bridgehead atoms. The van der Waals surface area contributed by atoms with Crippen LogP contribution in [0.4, 0.5) is 0 Å². The van der Waals surface area contributed by atoms with Crippen molar-refractivity contribution < 1.29 is 28.6 Å². The van der Waals surface area contributed by atoms with Crippen molar-refractivity contribution in [3.8, 4) is 0 Å². The molecular formula is C48H92O6. The van der Waals surface area contributed by atoms with Gasteiger partial charge in [-0.15, -0.1) is 0 Å². The first-order valence-corrected chi connectivity index (χ1v) is 23.7. The number of ether oxygens (including phenoxy) is 3. The van der Waals surface area contributed by atoms with Gasteiger partial charge < -0.3 is 14.2 Å². The molecule has 6 nitrogen and oxygen atoms in total. The smallest absolute Gasteiger partial charge is 0.306 e. The maximum absolute atomic E-state index is 12.7. The average molecular weight is 765 g/mol. The summed E-state index contributed by atoms with van der Waals surface area (Å²) >= 11 is 0. The lowest BCUT2D eigenvalue weighted by Crippen LogP contribution is -2.30. The van der Waals surface area contributed by atoms with E-state index < -0.39 is 6.10 Å². The fraction of sp³-hybridized carbons (Fsp3) is 0.938. The van der Waals surface area contributed by atoms with E-state index in [1.807, 2.05) is 0 Å². The third kappa shape index (κ3) is 41.6. The summed E-state index contributed by atoms with van der Waals surface area (Å²) in [6, 6.07) is 0. The molecule has 6 heteroatoms. The number of hydrogen-bond acceptors (Lipinski definition) is 6. The molecule has 0 fully saturated rings. The van der Waals surface area contributed by atoms with Gasteiger partial charge in [0.1, 0.15) is 13.2 Å². The molecule has 0 aliphatic carbocycles. The van der Waals surface area contributed by atoms with Crippen molar-refractivity contribution in [2.24, 2.45) is 11.8 Å². The zero-order valence-electron chi connectivity index (χ0n) is 36.8. The number of carbonyl (C=O) groups excluding carboxylic acids is 3. The third-order valence-corrected chi connectivity index (χ3v) is 10.7. The molecule has 0 aromatic heterocycles. The quantitative estimate of drug-likeness (QED) is 0.0350. The Balaban J connectivity index is 4.24. The highest BCUT2D eigenvalue weighted by molar-refractivity contribution is 5.71. The van der Waals surface area contributed by atoms with Gasteiger partial charge in [0, 0.05) is 19.3 Å². The van der Waals surface area contributed by atoms with Crippen molar-refractivity contribution in [2.45, 2.75) is 265 Å². The van der Waals surface area contributed by atoms with Gasteiger partial charge in [0.25, 0.3) is 0 Å². The summed E-state index contributed by atoms with van der Waals surface area (Å²) < 4.78 is 16.7. The van der Waals surface area contributed by atoms with Gasteiger partial charge in [-0.3, -0.25) is 14.4 Å². The predicted octanol–water partition coefficient (Wildman–Crippen LogP) is 15.0. The van der Waals surface area contributed by atoms with Gasteiger partial charge in [-0.2, -0.15) is 0 Å². The predicted molar refractivity (Wildman–Crippen MR) is 229 cm³/mol. The van der Waals surface area contributed by atoms with E-state index in [0.29, 0.717) is 19.3 Å². The van der Waals surface area contributed by atoms with Crippen LogP contribution >= 0.6 is 0 Å². The van der Waals surface area contributed by atoms with E-state index in [1.54, 1.807) is 0 Å². The van der Waals surface area contributed by atoms with Crippen molar-refractivity contribution in [2.75, 3.05) is 13.2 Å². The molecule has 320 valence electrons. The number of hydrogen-bond donors (Lipinski definition) is 0. The zero-order valence-corrected chi connectivity index (χ0v) is 36.8. The number of unbranched alkanes of at least 4 members (excludes halogenated alkanes) is 27. The van der Waals surface area contributed by atoms with E-state index in [-0.39, 0.29) is 31.1 Å². The van der Waals surface area contributed by atoms with Crippen molar-refractivity contribution >= 4 is 17.9 Å². The highest BCUT2D eigenvalue weighted by Gasteiger charge is 2.19. The van der Waals surface area contributed by atoms with Crippen LogP contribution in [0.25, 0.3) is 0 Å². The summed E-state index contributed by atoms with van der Waals surface area (Å²) in [5.74, 6) is 0.763. The van der Waals surface area contributed by atoms with E-state index in [1.165, 1.54) is 148 Å². The maximum Gasteiger partial charge on any atom is 0.306 e. The minimum Gasteiger partial charge on any atom is -0.462 e. The van der Waals surface area contributed by atoms with Crippen LogP contribution in [0.3, 0.4) is 0 Å². The van der Waals surface area contributed by atoms with Gasteiger partial charge >= 0.3 is 17.9 Å². The molecular weight excluding hydrogens is 673 g/mol. The van der Waals surface area contributed by atoms with Gasteiger partial charge in [-0.25, -0.2) is 0 Å². The maximum atomic E-state index is 12.7. The molecule has 0 amide bonds. The van der Waals surface area contributed by atoms with Crippen LogP contribution in [0.2, 0.25) is 0 Å². The summed E-state index contributed by atoms with van der Waals surface area (Å²) in [6.07, 6.45) is 39.6. The summed E-state index contributed by atoms with van der Waals surface area (Å²) in [5, 5.41) is 0. The Labute approximate surface area is 336 Å². The van der Waals surface area contributed by atoms with Crippen LogP contribution in [-0.2, 0) is 28.6 Å². The van der Waals surface area contributed by atoms with Crippen LogP contribution in [-0.4, -0.2) is 37.2 Å². The standard InChI is InChI=1S/C48H92O6/c1-6-7-8-9-10-17-23-28-33-38-46(49)52-41-45(54-48(51)40-35-30-25-20-22-27-32-37-44(4)5)42-53-47(50)39-34-29-24-19-16-14-12-11-13-15-18-21-26-31-36-43(2)3/h43-45H,6-42H2,1-5H3/t45-/m0/s1. The minimum atomic E-state index is -0.760. The Hall–Kier alpha value is -1.59. The average Bonchev–Trinajstić information content (AvgIpc) is 3.14. The molecule has 0 aliphatic rings. The largest absolute Gasteiger partial charge is 0.462 e. The monoisotopic (exact) mass is 765 g/mol. The van der Waals surface area contributed by atoms with E-state index in [9.17, 15) is 14.4 Å². The van der Waals surface area contributed by atoms with Gasteiger partial charge in [0.2, 0.25) is 0 Å². The van der Waals surface area contributed by atoms with E-state index in [0.717, 1.165) is 69.6 Å². The van der Waals surface area contributed by atoms with Crippen LogP contribution in [0, 0.1) is 11.8 Å². The molecule has 0 rings (SSSR count). The zero-order chi connectivity index (χ0) is 39.7. The molecule has 0 aromatic carbocycles. The number of carbonyl (C=O) groups is 3. The Morgan fingerprint density at radius 2 is 0.611 bits per heavy atom. The Bertz CT molecular complexity index is 824. The molecule has 0 unspecified atom stereocenters. The minimum absolute atomic E-state index is 0.0651. The third-order valence-electron chi connectivity index (χ3n) is 10.7. The van der Waals surface area contributed by atoms with Crippen molar-refractivity contribution in [1.29, 1.82) is 0 Å². The van der Waals surface area contributed by atoms with E-state index in [2.05, 4.69) is 34.6 Å². The molecule has 0 radical (unpaired) electrons. The first-order valence-electron chi connectivity index (χ1n) is 23.7. The first kappa shape index (κ1) is 52.4. The topological polar surface area (TPSA) is 78.9 Å². The molecule has 0 aromatic rings. The lowest BCUT2D eigenvalue weighted by molar-refractivity contribution is -0.167. The van der Waals surface area contributed by atoms with Crippen molar-refractivity contribution in [3.05, 3.63) is 0 Å². The summed E-state index contributed by atoms with van der Waals surface area (Å²) in [5.41, 5.74) is 0. The first-order chi connectivity index (χ1) is 26.2. The van der Waals surface area contributed by atoms with Gasteiger partial charge in [-0.05, 0) is 31.1 Å². The second kappa shape index (κ2) is 41.1. The molecule has 0 saturated carbocycles. The highest BCUT2D eigenvalue weighted by atomic mass is 16.6. The second-order valence-corrected chi connectivity index (χ2v) is 17.3. The van der Waals surface area contributed by atoms with Crippen LogP contribution in [0.1, 0.15) is 259 Å². The van der Waals surface area contributed by atoms with Gasteiger partial charge in [0.15, 0.2) is 6.10 Å². The molecule has 0 aliphatic heterocycles. The lowest BCUT2D eigenvalue weighted by Gasteiger charge is -2.18. The Morgan fingerprint density at radius 1 is 0.352 bits per heavy atom. The van der Waals surface area contributed by atoms with E-state index in [4.69, 9.17) is 14.2 Å². The fourth-order valence-corrected chi connectivity index (χ4v) is 7.11. The van der Waals surface area contributed by atoms with Gasteiger partial charge in [0.05, 0.1) is 0 Å². The van der Waals surface area contributed by atoms with Crippen molar-refractivity contribution in [1.82, 2.24) is 0 Å². The van der Waals surface area contributed by atoms with Crippen LogP contribution in [0.5, 0.6) is 0 Å². The highest BCUT2D eigenvalue weighted by Crippen LogP contribution is 2.17. The van der Waals surface area contributed by atoms with Crippen molar-refractivity contribution in [3.63, 3.8) is 0 Å². The second-order valence-electron chi connectivity index (χ2n) is 17.3. The normalized spacial score (nSPS) is 12.1.